The quantitative estimate of drug-likeness (QED) is 0.557. The number of carbonyl (C=O) groups is 2. The van der Waals surface area contributed by atoms with Crippen LogP contribution in [-0.2, 0) is 22.3 Å². The van der Waals surface area contributed by atoms with E-state index in [4.69, 9.17) is 9.84 Å². The molecule has 0 radical (unpaired) electrons. The predicted molar refractivity (Wildman–Crippen MR) is 98.4 cm³/mol. The van der Waals surface area contributed by atoms with Gasteiger partial charge in [-0.05, 0) is 19.1 Å². The SMILES string of the molecule is C[C@@H](Oc1cc(C(F)(F)F)ccc1CN1CCN(C(=O)OC(C(F)(F)F)C(F)(F)F)CC1)C(=O)O. The van der Waals surface area contributed by atoms with Crippen molar-refractivity contribution in [3.63, 3.8) is 0 Å². The Bertz CT molecular complexity index is 895. The van der Waals surface area contributed by atoms with Gasteiger partial charge in [-0.2, -0.15) is 39.5 Å². The molecule has 1 saturated heterocycles. The molecule has 0 bridgehead atoms. The fraction of sp³-hybridized carbons (Fsp3) is 0.579. The van der Waals surface area contributed by atoms with Crippen molar-refractivity contribution in [1.82, 2.24) is 9.80 Å². The van der Waals surface area contributed by atoms with E-state index in [1.54, 1.807) is 0 Å². The van der Waals surface area contributed by atoms with Crippen molar-refractivity contribution in [2.24, 2.45) is 0 Å². The highest BCUT2D eigenvalue weighted by atomic mass is 19.4. The number of rotatable bonds is 6. The highest BCUT2D eigenvalue weighted by Crippen LogP contribution is 2.36. The van der Waals surface area contributed by atoms with Crippen LogP contribution in [0.5, 0.6) is 5.75 Å². The molecule has 16 heteroatoms. The lowest BCUT2D eigenvalue weighted by molar-refractivity contribution is -0.308. The van der Waals surface area contributed by atoms with Crippen molar-refractivity contribution < 1.29 is 63.7 Å². The minimum absolute atomic E-state index is 0.0766. The van der Waals surface area contributed by atoms with Crippen molar-refractivity contribution in [1.29, 1.82) is 0 Å². The second-order valence-corrected chi connectivity index (χ2v) is 7.53. The van der Waals surface area contributed by atoms with Crippen LogP contribution in [0.1, 0.15) is 18.1 Å². The van der Waals surface area contributed by atoms with Crippen LogP contribution in [-0.4, -0.2) is 77.7 Å². The number of alkyl halides is 9. The van der Waals surface area contributed by atoms with Gasteiger partial charge in [-0.1, -0.05) is 6.07 Å². The van der Waals surface area contributed by atoms with Crippen LogP contribution < -0.4 is 4.74 Å². The van der Waals surface area contributed by atoms with E-state index in [-0.39, 0.29) is 44.0 Å². The van der Waals surface area contributed by atoms with Gasteiger partial charge in [0.15, 0.2) is 6.10 Å². The van der Waals surface area contributed by atoms with Gasteiger partial charge >= 0.3 is 30.6 Å². The monoisotopic (exact) mass is 526 g/mol. The van der Waals surface area contributed by atoms with E-state index in [9.17, 15) is 49.1 Å². The summed E-state index contributed by atoms with van der Waals surface area (Å²) >= 11 is 0. The van der Waals surface area contributed by atoms with Gasteiger partial charge in [-0.25, -0.2) is 9.59 Å². The zero-order valence-electron chi connectivity index (χ0n) is 17.8. The summed E-state index contributed by atoms with van der Waals surface area (Å²) < 4.78 is 123. The van der Waals surface area contributed by atoms with E-state index in [1.165, 1.54) is 4.90 Å². The molecule has 35 heavy (non-hydrogen) atoms. The number of ether oxygens (including phenoxy) is 2. The topological polar surface area (TPSA) is 79.3 Å². The molecule has 2 rings (SSSR count). The molecule has 1 heterocycles. The van der Waals surface area contributed by atoms with Crippen molar-refractivity contribution in [3.8, 4) is 5.75 Å². The molecule has 0 aromatic heterocycles. The Balaban J connectivity index is 2.08. The number of halogens is 9. The Morgan fingerprint density at radius 2 is 1.51 bits per heavy atom. The molecule has 0 spiro atoms. The van der Waals surface area contributed by atoms with Gasteiger partial charge in [-0.15, -0.1) is 0 Å². The summed E-state index contributed by atoms with van der Waals surface area (Å²) in [5, 5.41) is 8.98. The second-order valence-electron chi connectivity index (χ2n) is 7.53. The minimum Gasteiger partial charge on any atom is -0.479 e. The third-order valence-electron chi connectivity index (χ3n) is 4.88. The predicted octanol–water partition coefficient (Wildman–Crippen LogP) is 4.30. The van der Waals surface area contributed by atoms with Gasteiger partial charge in [0.2, 0.25) is 0 Å². The maximum Gasteiger partial charge on any atom is 0.434 e. The van der Waals surface area contributed by atoms with Crippen LogP contribution in [0.4, 0.5) is 44.3 Å². The van der Waals surface area contributed by atoms with Gasteiger partial charge < -0.3 is 19.5 Å². The molecule has 1 aliphatic heterocycles. The number of benzene rings is 1. The lowest BCUT2D eigenvalue weighted by atomic mass is 10.1. The first-order valence-corrected chi connectivity index (χ1v) is 9.80. The number of nitrogens with zero attached hydrogens (tertiary/aromatic N) is 2. The van der Waals surface area contributed by atoms with E-state index in [2.05, 4.69) is 4.74 Å². The number of piperazine rings is 1. The van der Waals surface area contributed by atoms with Gasteiger partial charge in [0, 0.05) is 38.3 Å². The van der Waals surface area contributed by atoms with E-state index in [0.717, 1.165) is 19.1 Å². The third-order valence-corrected chi connectivity index (χ3v) is 4.88. The summed E-state index contributed by atoms with van der Waals surface area (Å²) in [4.78, 5) is 25.1. The molecule has 1 atom stereocenters. The fourth-order valence-corrected chi connectivity index (χ4v) is 3.04. The Labute approximate surface area is 192 Å². The van der Waals surface area contributed by atoms with Crippen molar-refractivity contribution in [2.45, 2.75) is 44.2 Å². The first-order chi connectivity index (χ1) is 15.9. The Morgan fingerprint density at radius 3 is 1.97 bits per heavy atom. The van der Waals surface area contributed by atoms with Crippen molar-refractivity contribution in [2.75, 3.05) is 26.2 Å². The molecular weight excluding hydrogens is 507 g/mol. The van der Waals surface area contributed by atoms with Gasteiger partial charge in [0.1, 0.15) is 5.75 Å². The number of carbonyl (C=O) groups excluding carboxylic acids is 1. The average Bonchev–Trinajstić information content (AvgIpc) is 2.71. The summed E-state index contributed by atoms with van der Waals surface area (Å²) in [6.07, 6.45) is -24.1. The second kappa shape index (κ2) is 10.4. The Morgan fingerprint density at radius 1 is 0.971 bits per heavy atom. The highest BCUT2D eigenvalue weighted by Gasteiger charge is 2.60. The molecule has 1 aliphatic rings. The van der Waals surface area contributed by atoms with Crippen LogP contribution in [0.15, 0.2) is 18.2 Å². The molecule has 1 aromatic carbocycles. The lowest BCUT2D eigenvalue weighted by Gasteiger charge is -2.35. The van der Waals surface area contributed by atoms with E-state index >= 15 is 0 Å². The number of amides is 1. The molecule has 0 unspecified atom stereocenters. The van der Waals surface area contributed by atoms with E-state index in [1.807, 2.05) is 0 Å². The Kier molecular flexibility index (Phi) is 8.40. The maximum atomic E-state index is 13.0. The lowest BCUT2D eigenvalue weighted by Crippen LogP contribution is -2.52. The zero-order valence-corrected chi connectivity index (χ0v) is 17.8. The largest absolute Gasteiger partial charge is 0.479 e. The summed E-state index contributed by atoms with van der Waals surface area (Å²) in [5.41, 5.74) is -0.943. The average molecular weight is 526 g/mol. The Hall–Kier alpha value is -2.91. The van der Waals surface area contributed by atoms with Crippen LogP contribution in [0.25, 0.3) is 0 Å². The van der Waals surface area contributed by atoms with Gasteiger partial charge in [0.25, 0.3) is 6.10 Å². The molecule has 1 N–H and O–H groups in total. The number of carboxylic acid groups (broad SMARTS) is 1. The van der Waals surface area contributed by atoms with Crippen LogP contribution in [0, 0.1) is 0 Å². The minimum atomic E-state index is -5.86. The number of hydrogen-bond donors (Lipinski definition) is 1. The molecule has 0 aliphatic carbocycles. The molecule has 1 fully saturated rings. The highest BCUT2D eigenvalue weighted by molar-refractivity contribution is 5.72. The number of carboxylic acids is 1. The first-order valence-electron chi connectivity index (χ1n) is 9.80. The summed E-state index contributed by atoms with van der Waals surface area (Å²) in [7, 11) is 0. The van der Waals surface area contributed by atoms with E-state index in [0.29, 0.717) is 11.0 Å². The van der Waals surface area contributed by atoms with Crippen molar-refractivity contribution >= 4 is 12.1 Å². The van der Waals surface area contributed by atoms with Gasteiger partial charge in [-0.3, -0.25) is 4.90 Å². The summed E-state index contributed by atoms with van der Waals surface area (Å²) in [5.74, 6) is -1.80. The van der Waals surface area contributed by atoms with Crippen LogP contribution in [0.3, 0.4) is 0 Å². The van der Waals surface area contributed by atoms with Crippen molar-refractivity contribution in [3.05, 3.63) is 29.3 Å². The normalized spacial score (nSPS) is 16.8. The van der Waals surface area contributed by atoms with Crippen LogP contribution >= 0.6 is 0 Å². The van der Waals surface area contributed by atoms with Crippen LogP contribution in [0.2, 0.25) is 0 Å². The van der Waals surface area contributed by atoms with E-state index < -0.39 is 48.4 Å². The zero-order chi connectivity index (χ0) is 26.8. The molecular formula is C19H19F9N2O5. The standard InChI is InChI=1S/C19H19F9N2O5/c1-10(14(31)32)34-13-8-12(17(20,21)22)3-2-11(13)9-29-4-6-30(7-5-29)16(33)35-15(18(23,24)25)19(26,27)28/h2-3,8,10,15H,4-7,9H2,1H3,(H,31,32)/t10-/m1/s1. The molecule has 198 valence electrons. The molecule has 0 saturated carbocycles. The molecule has 1 amide bonds. The van der Waals surface area contributed by atoms with Gasteiger partial charge in [0.05, 0.1) is 5.56 Å². The number of aliphatic carboxylic acids is 1. The summed E-state index contributed by atoms with van der Waals surface area (Å²) in [6, 6.07) is 2.43. The molecule has 7 nitrogen and oxygen atoms in total. The maximum absolute atomic E-state index is 13.0. The number of hydrogen-bond acceptors (Lipinski definition) is 5. The third kappa shape index (κ3) is 7.80. The molecule has 1 aromatic rings. The smallest absolute Gasteiger partial charge is 0.434 e. The fourth-order valence-electron chi connectivity index (χ4n) is 3.04. The first kappa shape index (κ1) is 28.3. The summed E-state index contributed by atoms with van der Waals surface area (Å²) in [6.45, 7) is 0.190.